The zero-order chi connectivity index (χ0) is 16.0. The number of hydrogen-bond donors (Lipinski definition) is 2. The van der Waals surface area contributed by atoms with Gasteiger partial charge in [0.15, 0.2) is 0 Å². The number of nitrogens with one attached hydrogen (secondary N) is 1. The molecule has 0 aliphatic rings. The highest BCUT2D eigenvalue weighted by molar-refractivity contribution is 5.83. The van der Waals surface area contributed by atoms with Gasteiger partial charge in [-0.2, -0.15) is 0 Å². The molecule has 22 heavy (non-hydrogen) atoms. The molecular formula is C18H25N3O. The van der Waals surface area contributed by atoms with Crippen molar-refractivity contribution in [2.24, 2.45) is 11.1 Å². The van der Waals surface area contributed by atoms with E-state index in [-0.39, 0.29) is 5.91 Å². The van der Waals surface area contributed by atoms with Gasteiger partial charge in [0.05, 0.1) is 10.9 Å². The predicted molar refractivity (Wildman–Crippen MR) is 90.5 cm³/mol. The van der Waals surface area contributed by atoms with Crippen LogP contribution in [0.4, 0.5) is 0 Å². The van der Waals surface area contributed by atoms with E-state index in [9.17, 15) is 4.79 Å². The number of para-hydroxylation sites is 1. The molecule has 1 heterocycles. The molecule has 4 heteroatoms. The summed E-state index contributed by atoms with van der Waals surface area (Å²) in [5.41, 5.74) is 7.55. The van der Waals surface area contributed by atoms with Crippen molar-refractivity contribution in [3.63, 3.8) is 0 Å². The lowest BCUT2D eigenvalue weighted by Crippen LogP contribution is -2.45. The van der Waals surface area contributed by atoms with E-state index in [4.69, 9.17) is 5.73 Å². The van der Waals surface area contributed by atoms with Gasteiger partial charge in [-0.15, -0.1) is 0 Å². The predicted octanol–water partition coefficient (Wildman–Crippen LogP) is 2.66. The molecule has 1 amide bonds. The maximum Gasteiger partial charge on any atom is 0.227 e. The molecule has 3 N–H and O–H groups in total. The maximum absolute atomic E-state index is 12.4. The SMILES string of the molecule is CCC(CC)(CN)C(=O)NCCc1cccc2cccnc12. The van der Waals surface area contributed by atoms with Crippen LogP contribution in [-0.2, 0) is 11.2 Å². The van der Waals surface area contributed by atoms with Gasteiger partial charge in [-0.1, -0.05) is 38.1 Å². The van der Waals surface area contributed by atoms with Crippen LogP contribution in [0.2, 0.25) is 0 Å². The minimum atomic E-state index is -0.434. The number of carbonyl (C=O) groups excluding carboxylic acids is 1. The van der Waals surface area contributed by atoms with E-state index < -0.39 is 5.41 Å². The van der Waals surface area contributed by atoms with Crippen LogP contribution in [0.1, 0.15) is 32.3 Å². The highest BCUT2D eigenvalue weighted by Gasteiger charge is 2.32. The molecular weight excluding hydrogens is 274 g/mol. The lowest BCUT2D eigenvalue weighted by atomic mass is 9.81. The van der Waals surface area contributed by atoms with E-state index in [1.54, 1.807) is 6.20 Å². The molecule has 0 spiro atoms. The Balaban J connectivity index is 2.02. The Morgan fingerprint density at radius 1 is 1.23 bits per heavy atom. The Morgan fingerprint density at radius 2 is 1.95 bits per heavy atom. The molecule has 0 unspecified atom stereocenters. The number of fused-ring (bicyclic) bond motifs is 1. The smallest absolute Gasteiger partial charge is 0.227 e. The van der Waals surface area contributed by atoms with Crippen LogP contribution in [0.5, 0.6) is 0 Å². The second-order valence-electron chi connectivity index (χ2n) is 5.69. The van der Waals surface area contributed by atoms with Gasteiger partial charge in [0, 0.05) is 24.7 Å². The summed E-state index contributed by atoms with van der Waals surface area (Å²) in [5.74, 6) is 0.0631. The topological polar surface area (TPSA) is 68.0 Å². The first-order chi connectivity index (χ1) is 10.7. The van der Waals surface area contributed by atoms with E-state index in [1.165, 1.54) is 0 Å². The average molecular weight is 299 g/mol. The first-order valence-electron chi connectivity index (χ1n) is 7.98. The number of aromatic nitrogens is 1. The standard InChI is InChI=1S/C18H25N3O/c1-3-18(4-2,13-19)17(22)21-12-10-15-8-5-7-14-9-6-11-20-16(14)15/h5-9,11H,3-4,10,12-13,19H2,1-2H3,(H,21,22). The van der Waals surface area contributed by atoms with Crippen LogP contribution in [0, 0.1) is 5.41 Å². The van der Waals surface area contributed by atoms with Crippen molar-refractivity contribution in [2.75, 3.05) is 13.1 Å². The molecule has 0 fully saturated rings. The summed E-state index contributed by atoms with van der Waals surface area (Å²) in [4.78, 5) is 16.8. The molecule has 0 saturated carbocycles. The molecule has 2 rings (SSSR count). The minimum absolute atomic E-state index is 0.0631. The zero-order valence-corrected chi connectivity index (χ0v) is 13.4. The van der Waals surface area contributed by atoms with Crippen molar-refractivity contribution in [2.45, 2.75) is 33.1 Å². The molecule has 1 aromatic carbocycles. The zero-order valence-electron chi connectivity index (χ0n) is 13.4. The van der Waals surface area contributed by atoms with E-state index in [0.29, 0.717) is 13.1 Å². The quantitative estimate of drug-likeness (QED) is 0.826. The first kappa shape index (κ1) is 16.4. The molecule has 118 valence electrons. The largest absolute Gasteiger partial charge is 0.355 e. The van der Waals surface area contributed by atoms with Gasteiger partial charge in [0.25, 0.3) is 0 Å². The molecule has 0 radical (unpaired) electrons. The number of nitrogens with two attached hydrogens (primary N) is 1. The van der Waals surface area contributed by atoms with Gasteiger partial charge in [-0.3, -0.25) is 9.78 Å². The van der Waals surface area contributed by atoms with Crippen LogP contribution in [0.25, 0.3) is 10.9 Å². The fraction of sp³-hybridized carbons (Fsp3) is 0.444. The highest BCUT2D eigenvalue weighted by Crippen LogP contribution is 2.25. The molecule has 0 atom stereocenters. The third-order valence-corrected chi connectivity index (χ3v) is 4.62. The molecule has 4 nitrogen and oxygen atoms in total. The lowest BCUT2D eigenvalue weighted by Gasteiger charge is -2.28. The summed E-state index contributed by atoms with van der Waals surface area (Å²) >= 11 is 0. The van der Waals surface area contributed by atoms with Gasteiger partial charge >= 0.3 is 0 Å². The van der Waals surface area contributed by atoms with Gasteiger partial charge in [-0.25, -0.2) is 0 Å². The summed E-state index contributed by atoms with van der Waals surface area (Å²) < 4.78 is 0. The minimum Gasteiger partial charge on any atom is -0.355 e. The van der Waals surface area contributed by atoms with Crippen molar-refractivity contribution in [1.82, 2.24) is 10.3 Å². The van der Waals surface area contributed by atoms with Crippen molar-refractivity contribution in [1.29, 1.82) is 0 Å². The summed E-state index contributed by atoms with van der Waals surface area (Å²) in [7, 11) is 0. The van der Waals surface area contributed by atoms with Crippen molar-refractivity contribution in [3.8, 4) is 0 Å². The monoisotopic (exact) mass is 299 g/mol. The number of nitrogens with zero attached hydrogens (tertiary/aromatic N) is 1. The Labute approximate surface area is 132 Å². The number of benzene rings is 1. The first-order valence-corrected chi connectivity index (χ1v) is 7.98. The van der Waals surface area contributed by atoms with E-state index >= 15 is 0 Å². The van der Waals surface area contributed by atoms with Gasteiger partial charge in [-0.05, 0) is 30.9 Å². The van der Waals surface area contributed by atoms with Crippen molar-refractivity contribution >= 4 is 16.8 Å². The Bertz CT molecular complexity index is 622. The second kappa shape index (κ2) is 7.36. The van der Waals surface area contributed by atoms with Crippen molar-refractivity contribution < 1.29 is 4.79 Å². The fourth-order valence-electron chi connectivity index (χ4n) is 2.82. The van der Waals surface area contributed by atoms with E-state index in [1.807, 2.05) is 26.0 Å². The normalized spacial score (nSPS) is 11.6. The molecule has 0 aliphatic heterocycles. The number of carbonyl (C=O) groups is 1. The fourth-order valence-corrected chi connectivity index (χ4v) is 2.82. The van der Waals surface area contributed by atoms with Gasteiger partial charge < -0.3 is 11.1 Å². The Hall–Kier alpha value is -1.94. The third-order valence-electron chi connectivity index (χ3n) is 4.62. The summed E-state index contributed by atoms with van der Waals surface area (Å²) in [6, 6.07) is 10.1. The van der Waals surface area contributed by atoms with E-state index in [0.717, 1.165) is 35.7 Å². The van der Waals surface area contributed by atoms with Crippen LogP contribution < -0.4 is 11.1 Å². The average Bonchev–Trinajstić information content (AvgIpc) is 2.57. The van der Waals surface area contributed by atoms with Crippen LogP contribution >= 0.6 is 0 Å². The highest BCUT2D eigenvalue weighted by atomic mass is 16.2. The molecule has 0 aliphatic carbocycles. The molecule has 0 bridgehead atoms. The summed E-state index contributed by atoms with van der Waals surface area (Å²) in [6.45, 7) is 5.03. The third kappa shape index (κ3) is 3.28. The van der Waals surface area contributed by atoms with Crippen molar-refractivity contribution in [3.05, 3.63) is 42.1 Å². The lowest BCUT2D eigenvalue weighted by molar-refractivity contribution is -0.131. The molecule has 1 aromatic heterocycles. The Kier molecular flexibility index (Phi) is 5.50. The summed E-state index contributed by atoms with van der Waals surface area (Å²) in [5, 5.41) is 4.17. The number of rotatable bonds is 7. The van der Waals surface area contributed by atoms with Crippen LogP contribution in [-0.4, -0.2) is 24.0 Å². The van der Waals surface area contributed by atoms with Gasteiger partial charge in [0.2, 0.25) is 5.91 Å². The second-order valence-corrected chi connectivity index (χ2v) is 5.69. The van der Waals surface area contributed by atoms with E-state index in [2.05, 4.69) is 28.5 Å². The Morgan fingerprint density at radius 3 is 2.64 bits per heavy atom. The molecule has 2 aromatic rings. The molecule has 0 saturated heterocycles. The number of hydrogen-bond acceptors (Lipinski definition) is 3. The number of amides is 1. The summed E-state index contributed by atoms with van der Waals surface area (Å²) in [6.07, 6.45) is 4.11. The number of pyridine rings is 1. The van der Waals surface area contributed by atoms with Crippen LogP contribution in [0.15, 0.2) is 36.5 Å². The van der Waals surface area contributed by atoms with Crippen LogP contribution in [0.3, 0.4) is 0 Å². The van der Waals surface area contributed by atoms with Gasteiger partial charge in [0.1, 0.15) is 0 Å². The maximum atomic E-state index is 12.4.